The average molecular weight is 209 g/mol. The second-order valence-electron chi connectivity index (χ2n) is 4.87. The zero-order valence-corrected chi connectivity index (χ0v) is 10.9. The monoisotopic (exact) mass is 209 g/mol. The molecule has 0 rings (SSSR count). The Bertz CT molecular complexity index is 194. The lowest BCUT2D eigenvalue weighted by Crippen LogP contribution is -2.36. The Morgan fingerprint density at radius 2 is 2.00 bits per heavy atom. The molecule has 0 spiro atoms. The molecule has 0 aromatic heterocycles. The van der Waals surface area contributed by atoms with Crippen molar-refractivity contribution >= 4 is 0 Å². The summed E-state index contributed by atoms with van der Waals surface area (Å²) in [4.78, 5) is 2.45. The predicted octanol–water partition coefficient (Wildman–Crippen LogP) is 3.88. The second-order valence-corrected chi connectivity index (χ2v) is 4.87. The van der Waals surface area contributed by atoms with E-state index in [1.807, 2.05) is 6.08 Å². The van der Waals surface area contributed by atoms with Crippen molar-refractivity contribution in [2.45, 2.75) is 46.1 Å². The number of hydrogen-bond acceptors (Lipinski definition) is 1. The molecule has 0 bridgehead atoms. The van der Waals surface area contributed by atoms with Crippen molar-refractivity contribution in [1.82, 2.24) is 4.90 Å². The minimum absolute atomic E-state index is 0.668. The molecule has 0 aliphatic heterocycles. The van der Waals surface area contributed by atoms with E-state index in [0.717, 1.165) is 19.4 Å². The van der Waals surface area contributed by atoms with E-state index in [4.69, 9.17) is 0 Å². The van der Waals surface area contributed by atoms with Gasteiger partial charge in [0, 0.05) is 12.6 Å². The zero-order valence-electron chi connectivity index (χ0n) is 10.9. The fraction of sp³-hybridized carbons (Fsp3) is 0.714. The highest BCUT2D eigenvalue weighted by Gasteiger charge is 2.17. The summed E-state index contributed by atoms with van der Waals surface area (Å²) >= 11 is 0. The average Bonchev–Trinajstić information content (AvgIpc) is 2.13. The first-order valence-electron chi connectivity index (χ1n) is 5.94. The fourth-order valence-electron chi connectivity index (χ4n) is 1.92. The first-order chi connectivity index (χ1) is 6.99. The molecule has 1 heteroatoms. The van der Waals surface area contributed by atoms with Gasteiger partial charge in [0.15, 0.2) is 0 Å². The Morgan fingerprint density at radius 3 is 2.40 bits per heavy atom. The maximum absolute atomic E-state index is 3.97. The van der Waals surface area contributed by atoms with Crippen molar-refractivity contribution in [2.24, 2.45) is 5.92 Å². The van der Waals surface area contributed by atoms with Gasteiger partial charge in [0.2, 0.25) is 0 Å². The van der Waals surface area contributed by atoms with E-state index >= 15 is 0 Å². The van der Waals surface area contributed by atoms with Gasteiger partial charge in [-0.25, -0.2) is 0 Å². The highest BCUT2D eigenvalue weighted by Crippen LogP contribution is 2.17. The third kappa shape index (κ3) is 6.51. The topological polar surface area (TPSA) is 3.24 Å². The first kappa shape index (κ1) is 14.4. The minimum atomic E-state index is 0.668. The number of hydrogen-bond donors (Lipinski definition) is 0. The predicted molar refractivity (Wildman–Crippen MR) is 70.1 cm³/mol. The summed E-state index contributed by atoms with van der Waals surface area (Å²) in [5.74, 6) is 0.708. The van der Waals surface area contributed by atoms with Gasteiger partial charge < -0.3 is 4.90 Å². The van der Waals surface area contributed by atoms with Crippen molar-refractivity contribution in [3.8, 4) is 0 Å². The van der Waals surface area contributed by atoms with Gasteiger partial charge in [-0.3, -0.25) is 0 Å². The second kappa shape index (κ2) is 7.70. The molecule has 0 amide bonds. The van der Waals surface area contributed by atoms with E-state index in [1.165, 1.54) is 12.0 Å². The van der Waals surface area contributed by atoms with Crippen LogP contribution in [0, 0.1) is 5.92 Å². The van der Waals surface area contributed by atoms with Crippen LogP contribution in [0.15, 0.2) is 24.8 Å². The van der Waals surface area contributed by atoms with E-state index in [2.05, 4.69) is 45.9 Å². The third-order valence-corrected chi connectivity index (χ3v) is 2.89. The normalized spacial score (nSPS) is 13.2. The maximum atomic E-state index is 3.97. The summed E-state index contributed by atoms with van der Waals surface area (Å²) in [7, 11) is 2.21. The van der Waals surface area contributed by atoms with Crippen molar-refractivity contribution in [3.63, 3.8) is 0 Å². The summed E-state index contributed by atoms with van der Waals surface area (Å²) in [5, 5.41) is 0. The van der Waals surface area contributed by atoms with Crippen LogP contribution in [0.4, 0.5) is 0 Å². The van der Waals surface area contributed by atoms with Crippen LogP contribution in [0.3, 0.4) is 0 Å². The highest BCUT2D eigenvalue weighted by atomic mass is 15.1. The van der Waals surface area contributed by atoms with E-state index in [0.29, 0.717) is 12.0 Å². The van der Waals surface area contributed by atoms with Gasteiger partial charge in [-0.2, -0.15) is 0 Å². The molecule has 1 nitrogen and oxygen atoms in total. The Kier molecular flexibility index (Phi) is 7.41. The van der Waals surface area contributed by atoms with Crippen LogP contribution in [0.2, 0.25) is 0 Å². The van der Waals surface area contributed by atoms with Gasteiger partial charge >= 0.3 is 0 Å². The Hall–Kier alpha value is -0.560. The van der Waals surface area contributed by atoms with Crippen molar-refractivity contribution < 1.29 is 0 Å². The van der Waals surface area contributed by atoms with Gasteiger partial charge in [0.25, 0.3) is 0 Å². The summed E-state index contributed by atoms with van der Waals surface area (Å²) in [6.45, 7) is 15.6. The number of allylic oxidation sites excluding steroid dienone is 1. The lowest BCUT2D eigenvalue weighted by Gasteiger charge is -2.31. The van der Waals surface area contributed by atoms with Gasteiger partial charge in [-0.1, -0.05) is 25.5 Å². The summed E-state index contributed by atoms with van der Waals surface area (Å²) in [6.07, 6.45) is 5.43. The molecule has 0 heterocycles. The summed E-state index contributed by atoms with van der Waals surface area (Å²) in [6, 6.07) is 0.668. The summed E-state index contributed by atoms with van der Waals surface area (Å²) in [5.41, 5.74) is 1.29. The standard InChI is InChI=1S/C14H27N/c1-7-8-11-15(6)14(13(4)5)10-9-12(2)3/h7,13-14H,1-2,8-11H2,3-6H3. The molecule has 0 aliphatic rings. The van der Waals surface area contributed by atoms with Crippen LogP contribution in [0.1, 0.15) is 40.0 Å². The Balaban J connectivity index is 4.11. The molecular weight excluding hydrogens is 182 g/mol. The SMILES string of the molecule is C=CCCN(C)C(CCC(=C)C)C(C)C. The van der Waals surface area contributed by atoms with Gasteiger partial charge in [0.05, 0.1) is 0 Å². The molecule has 15 heavy (non-hydrogen) atoms. The van der Waals surface area contributed by atoms with Crippen molar-refractivity contribution in [3.05, 3.63) is 24.8 Å². The van der Waals surface area contributed by atoms with Gasteiger partial charge in [0.1, 0.15) is 0 Å². The van der Waals surface area contributed by atoms with E-state index < -0.39 is 0 Å². The molecule has 0 aliphatic carbocycles. The molecule has 0 N–H and O–H groups in total. The van der Waals surface area contributed by atoms with E-state index in [9.17, 15) is 0 Å². The van der Waals surface area contributed by atoms with Crippen LogP contribution in [-0.4, -0.2) is 24.5 Å². The smallest absolute Gasteiger partial charge is 0.0118 e. The molecule has 0 aromatic carbocycles. The zero-order chi connectivity index (χ0) is 11.8. The lowest BCUT2D eigenvalue weighted by atomic mass is 9.96. The lowest BCUT2D eigenvalue weighted by molar-refractivity contribution is 0.184. The Morgan fingerprint density at radius 1 is 1.40 bits per heavy atom. The van der Waals surface area contributed by atoms with E-state index in [1.54, 1.807) is 0 Å². The van der Waals surface area contributed by atoms with Crippen LogP contribution in [0.25, 0.3) is 0 Å². The van der Waals surface area contributed by atoms with Crippen LogP contribution in [-0.2, 0) is 0 Å². The molecular formula is C14H27N. The van der Waals surface area contributed by atoms with Crippen LogP contribution in [0.5, 0.6) is 0 Å². The quantitative estimate of drug-likeness (QED) is 0.548. The van der Waals surface area contributed by atoms with Crippen LogP contribution >= 0.6 is 0 Å². The fourth-order valence-corrected chi connectivity index (χ4v) is 1.92. The highest BCUT2D eigenvalue weighted by molar-refractivity contribution is 4.90. The molecule has 0 radical (unpaired) electrons. The molecule has 1 atom stereocenters. The van der Waals surface area contributed by atoms with Crippen LogP contribution < -0.4 is 0 Å². The third-order valence-electron chi connectivity index (χ3n) is 2.89. The largest absolute Gasteiger partial charge is 0.303 e. The molecule has 1 unspecified atom stereocenters. The molecule has 0 fully saturated rings. The molecule has 0 saturated heterocycles. The maximum Gasteiger partial charge on any atom is 0.0118 e. The van der Waals surface area contributed by atoms with E-state index in [-0.39, 0.29) is 0 Å². The Labute approximate surface area is 95.9 Å². The minimum Gasteiger partial charge on any atom is -0.303 e. The van der Waals surface area contributed by atoms with Crippen molar-refractivity contribution in [1.29, 1.82) is 0 Å². The first-order valence-corrected chi connectivity index (χ1v) is 5.94. The molecule has 0 aromatic rings. The van der Waals surface area contributed by atoms with Gasteiger partial charge in [-0.15, -0.1) is 13.2 Å². The number of rotatable bonds is 8. The molecule has 0 saturated carbocycles. The number of nitrogens with zero attached hydrogens (tertiary/aromatic N) is 1. The van der Waals surface area contributed by atoms with Gasteiger partial charge in [-0.05, 0) is 39.2 Å². The van der Waals surface area contributed by atoms with Crippen molar-refractivity contribution in [2.75, 3.05) is 13.6 Å². The summed E-state index contributed by atoms with van der Waals surface area (Å²) < 4.78 is 0. The molecule has 88 valence electrons.